The molecule has 0 aliphatic carbocycles. The van der Waals surface area contributed by atoms with Crippen molar-refractivity contribution in [3.8, 4) is 0 Å². The van der Waals surface area contributed by atoms with Crippen molar-refractivity contribution in [1.82, 2.24) is 20.5 Å². The molecule has 0 bridgehead atoms. The number of hydrogen-bond donors (Lipinski definition) is 3. The Hall–Kier alpha value is -1.08. The van der Waals surface area contributed by atoms with Crippen molar-refractivity contribution < 1.29 is 4.79 Å². The Balaban J connectivity index is 2.56. The molecule has 1 aromatic heterocycles. The van der Waals surface area contributed by atoms with E-state index in [1.165, 1.54) is 18.1 Å². The largest absolute Gasteiger partial charge is 0.368 e. The molecule has 1 unspecified atom stereocenters. The summed E-state index contributed by atoms with van der Waals surface area (Å²) in [7, 11) is 0. The van der Waals surface area contributed by atoms with E-state index in [0.717, 1.165) is 0 Å². The second-order valence-electron chi connectivity index (χ2n) is 3.31. The van der Waals surface area contributed by atoms with Crippen LogP contribution in [-0.2, 0) is 4.79 Å². The first-order valence-electron chi connectivity index (χ1n) is 4.61. The first-order valence-corrected chi connectivity index (χ1v) is 5.60. The number of nitrogens with zero attached hydrogens (tertiary/aromatic N) is 2. The van der Waals surface area contributed by atoms with E-state index in [2.05, 4.69) is 20.5 Å². The number of rotatable bonds is 6. The van der Waals surface area contributed by atoms with Gasteiger partial charge >= 0.3 is 0 Å². The second kappa shape index (κ2) is 5.13. The molecule has 0 saturated heterocycles. The molecule has 15 heavy (non-hydrogen) atoms. The summed E-state index contributed by atoms with van der Waals surface area (Å²) in [5, 5.41) is 10.2. The maximum Gasteiger partial charge on any atom is 0.238 e. The average molecular weight is 229 g/mol. The van der Waals surface area contributed by atoms with Crippen molar-refractivity contribution in [3.05, 3.63) is 6.33 Å². The van der Waals surface area contributed by atoms with Crippen molar-refractivity contribution in [3.63, 3.8) is 0 Å². The van der Waals surface area contributed by atoms with Crippen LogP contribution in [0.3, 0.4) is 0 Å². The number of carbonyl (C=O) groups is 1. The molecule has 0 radical (unpaired) electrons. The van der Waals surface area contributed by atoms with Crippen LogP contribution in [0.15, 0.2) is 11.5 Å². The summed E-state index contributed by atoms with van der Waals surface area (Å²) in [5.41, 5.74) is 4.62. The Bertz CT molecular complexity index is 315. The fraction of sp³-hybridized carbons (Fsp3) is 0.625. The molecule has 84 valence electrons. The number of nitrogens with two attached hydrogens (primary N) is 1. The number of aromatic amines is 1. The van der Waals surface area contributed by atoms with E-state index in [4.69, 9.17) is 5.73 Å². The molecule has 0 aromatic carbocycles. The lowest BCUT2D eigenvalue weighted by Gasteiger charge is -2.25. The number of thioether (sulfide) groups is 1. The molecule has 1 heterocycles. The Kier molecular flexibility index (Phi) is 4.10. The van der Waals surface area contributed by atoms with E-state index < -0.39 is 5.54 Å². The fourth-order valence-corrected chi connectivity index (χ4v) is 1.98. The van der Waals surface area contributed by atoms with Crippen molar-refractivity contribution in [2.75, 3.05) is 12.3 Å². The van der Waals surface area contributed by atoms with Crippen LogP contribution in [0.5, 0.6) is 0 Å². The molecular formula is C8H15N5OS. The van der Waals surface area contributed by atoms with E-state index in [9.17, 15) is 4.79 Å². The number of likely N-dealkylation sites (N-methyl/N-ethyl adjacent to an activating group) is 1. The molecule has 0 saturated carbocycles. The lowest BCUT2D eigenvalue weighted by molar-refractivity contribution is -0.122. The van der Waals surface area contributed by atoms with Crippen molar-refractivity contribution >= 4 is 17.7 Å². The SMILES string of the molecule is CCNC(C)(CSc1ncn[nH]1)C(N)=O. The van der Waals surface area contributed by atoms with Gasteiger partial charge in [0.15, 0.2) is 5.16 Å². The average Bonchev–Trinajstić information content (AvgIpc) is 2.67. The Morgan fingerprint density at radius 2 is 2.53 bits per heavy atom. The van der Waals surface area contributed by atoms with Gasteiger partial charge < -0.3 is 11.1 Å². The van der Waals surface area contributed by atoms with Crippen LogP contribution in [0, 0.1) is 0 Å². The van der Waals surface area contributed by atoms with Crippen LogP contribution in [0.1, 0.15) is 13.8 Å². The summed E-state index contributed by atoms with van der Waals surface area (Å²) in [6.45, 7) is 4.40. The lowest BCUT2D eigenvalue weighted by atomic mass is 10.1. The van der Waals surface area contributed by atoms with Crippen LogP contribution in [0.4, 0.5) is 0 Å². The normalized spacial score (nSPS) is 14.8. The van der Waals surface area contributed by atoms with Crippen LogP contribution >= 0.6 is 11.8 Å². The van der Waals surface area contributed by atoms with Gasteiger partial charge in [0.2, 0.25) is 5.91 Å². The van der Waals surface area contributed by atoms with Crippen LogP contribution in [0.2, 0.25) is 0 Å². The van der Waals surface area contributed by atoms with Crippen molar-refractivity contribution in [2.45, 2.75) is 24.5 Å². The molecule has 1 atom stereocenters. The number of amides is 1. The number of nitrogens with one attached hydrogen (secondary N) is 2. The predicted molar refractivity (Wildman–Crippen MR) is 58.4 cm³/mol. The number of carbonyl (C=O) groups excluding carboxylic acids is 1. The number of hydrogen-bond acceptors (Lipinski definition) is 5. The van der Waals surface area contributed by atoms with Crippen molar-refractivity contribution in [1.29, 1.82) is 0 Å². The molecule has 0 aliphatic heterocycles. The van der Waals surface area contributed by atoms with Gasteiger partial charge in [0.05, 0.1) is 0 Å². The number of H-pyrrole nitrogens is 1. The Labute approximate surface area is 92.4 Å². The first-order chi connectivity index (χ1) is 7.08. The minimum absolute atomic E-state index is 0.364. The predicted octanol–water partition coefficient (Wildman–Crippen LogP) is -0.250. The topological polar surface area (TPSA) is 96.7 Å². The minimum Gasteiger partial charge on any atom is -0.368 e. The molecule has 0 spiro atoms. The van der Waals surface area contributed by atoms with Gasteiger partial charge in [-0.25, -0.2) is 4.98 Å². The van der Waals surface area contributed by atoms with Crippen LogP contribution < -0.4 is 11.1 Å². The smallest absolute Gasteiger partial charge is 0.238 e. The highest BCUT2D eigenvalue weighted by Gasteiger charge is 2.30. The first kappa shape index (κ1) is 12.0. The maximum absolute atomic E-state index is 11.3. The standard InChI is InChI=1S/C8H15N5OS/c1-3-11-8(2,6(9)14)4-15-7-10-5-12-13-7/h5,11H,3-4H2,1-2H3,(H2,9,14)(H,10,12,13). The van der Waals surface area contributed by atoms with Crippen LogP contribution in [-0.4, -0.2) is 38.9 Å². The van der Waals surface area contributed by atoms with E-state index in [0.29, 0.717) is 17.5 Å². The van der Waals surface area contributed by atoms with E-state index in [-0.39, 0.29) is 5.91 Å². The van der Waals surface area contributed by atoms with Gasteiger partial charge in [-0.1, -0.05) is 18.7 Å². The molecule has 4 N–H and O–H groups in total. The Morgan fingerprint density at radius 3 is 3.00 bits per heavy atom. The zero-order valence-corrected chi connectivity index (χ0v) is 9.60. The quantitative estimate of drug-likeness (QED) is 0.584. The highest BCUT2D eigenvalue weighted by molar-refractivity contribution is 7.99. The summed E-state index contributed by atoms with van der Waals surface area (Å²) in [5.74, 6) is 0.155. The summed E-state index contributed by atoms with van der Waals surface area (Å²) < 4.78 is 0. The number of primary amides is 1. The number of aromatic nitrogens is 3. The van der Waals surface area contributed by atoms with Gasteiger partial charge in [-0.2, -0.15) is 5.10 Å². The fourth-order valence-electron chi connectivity index (χ4n) is 1.08. The minimum atomic E-state index is -0.716. The summed E-state index contributed by atoms with van der Waals surface area (Å²) in [6, 6.07) is 0. The maximum atomic E-state index is 11.3. The van der Waals surface area contributed by atoms with Gasteiger partial charge in [-0.05, 0) is 13.5 Å². The molecule has 1 amide bonds. The third-order valence-electron chi connectivity index (χ3n) is 2.00. The van der Waals surface area contributed by atoms with Gasteiger partial charge in [-0.3, -0.25) is 9.89 Å². The summed E-state index contributed by atoms with van der Waals surface area (Å²) in [4.78, 5) is 15.2. The van der Waals surface area contributed by atoms with Crippen molar-refractivity contribution in [2.24, 2.45) is 5.73 Å². The highest BCUT2D eigenvalue weighted by atomic mass is 32.2. The molecule has 0 aliphatic rings. The third-order valence-corrected chi connectivity index (χ3v) is 3.19. The molecule has 6 nitrogen and oxygen atoms in total. The van der Waals surface area contributed by atoms with Gasteiger partial charge in [-0.15, -0.1) is 0 Å². The molecule has 0 fully saturated rings. The summed E-state index contributed by atoms with van der Waals surface area (Å²) in [6.07, 6.45) is 1.43. The second-order valence-corrected chi connectivity index (χ2v) is 4.27. The lowest BCUT2D eigenvalue weighted by Crippen LogP contribution is -2.55. The molecule has 1 aromatic rings. The van der Waals surface area contributed by atoms with Gasteiger partial charge in [0, 0.05) is 5.75 Å². The highest BCUT2D eigenvalue weighted by Crippen LogP contribution is 2.18. The molecular weight excluding hydrogens is 214 g/mol. The van der Waals surface area contributed by atoms with E-state index in [1.54, 1.807) is 6.92 Å². The molecule has 1 rings (SSSR count). The summed E-state index contributed by atoms with van der Waals surface area (Å²) >= 11 is 1.41. The van der Waals surface area contributed by atoms with Gasteiger partial charge in [0.1, 0.15) is 11.9 Å². The Morgan fingerprint density at radius 1 is 1.80 bits per heavy atom. The van der Waals surface area contributed by atoms with E-state index >= 15 is 0 Å². The third kappa shape index (κ3) is 3.21. The van der Waals surface area contributed by atoms with Gasteiger partial charge in [0.25, 0.3) is 0 Å². The van der Waals surface area contributed by atoms with Crippen LogP contribution in [0.25, 0.3) is 0 Å². The zero-order valence-electron chi connectivity index (χ0n) is 8.78. The zero-order chi connectivity index (χ0) is 11.3. The molecule has 7 heteroatoms. The van der Waals surface area contributed by atoms with E-state index in [1.807, 2.05) is 6.92 Å². The monoisotopic (exact) mass is 229 g/mol.